The van der Waals surface area contributed by atoms with Crippen LogP contribution in [0, 0.1) is 0 Å². The minimum Gasteiger partial charge on any atom is -0.107 e. The van der Waals surface area contributed by atoms with Gasteiger partial charge in [-0.15, -0.1) is 13.2 Å². The lowest BCUT2D eigenvalue weighted by atomic mass is 10.4. The topological polar surface area (TPSA) is 0 Å². The Labute approximate surface area is 102 Å². The van der Waals surface area contributed by atoms with E-state index in [2.05, 4.69) is 75.0 Å². The molecular weight excluding hydrogens is 224 g/mol. The zero-order valence-corrected chi connectivity index (χ0v) is 12.9. The summed E-state index contributed by atoms with van der Waals surface area (Å²) in [5.74, 6) is 0. The summed E-state index contributed by atoms with van der Waals surface area (Å²) in [6.45, 7) is 17.3. The van der Waals surface area contributed by atoms with Crippen LogP contribution in [0.4, 0.5) is 0 Å². The summed E-state index contributed by atoms with van der Waals surface area (Å²) in [4.78, 5) is 0. The molecule has 0 bridgehead atoms. The first kappa shape index (κ1) is 13.2. The zero-order valence-electron chi connectivity index (χ0n) is 10.9. The van der Waals surface area contributed by atoms with Gasteiger partial charge in [0.15, 0.2) is 0 Å². The first-order chi connectivity index (χ1) is 7.33. The molecule has 1 aromatic rings. The maximum Gasteiger partial charge on any atom is 0.103 e. The summed E-state index contributed by atoms with van der Waals surface area (Å²) in [5, 5.41) is 2.95. The third-order valence-electron chi connectivity index (χ3n) is 3.37. The third-order valence-corrected chi connectivity index (χ3v) is 9.01. The monoisotopic (exact) mass is 246 g/mol. The van der Waals surface area contributed by atoms with Crippen molar-refractivity contribution in [3.63, 3.8) is 0 Å². The van der Waals surface area contributed by atoms with Crippen LogP contribution in [-0.2, 0) is 0 Å². The van der Waals surface area contributed by atoms with E-state index in [1.165, 1.54) is 10.4 Å². The van der Waals surface area contributed by atoms with Crippen LogP contribution in [0.25, 0.3) is 0 Å². The zero-order chi connectivity index (χ0) is 12.4. The summed E-state index contributed by atoms with van der Waals surface area (Å²) < 4.78 is 0. The van der Waals surface area contributed by atoms with E-state index >= 15 is 0 Å². The van der Waals surface area contributed by atoms with Gasteiger partial charge in [-0.2, -0.15) is 0 Å². The van der Waals surface area contributed by atoms with Gasteiger partial charge >= 0.3 is 0 Å². The van der Waals surface area contributed by atoms with Gasteiger partial charge in [0.2, 0.25) is 0 Å². The fraction of sp³-hybridized carbons (Fsp3) is 0.286. The van der Waals surface area contributed by atoms with Gasteiger partial charge in [0.1, 0.15) is 16.1 Å². The molecule has 0 fully saturated rings. The van der Waals surface area contributed by atoms with Gasteiger partial charge in [0.25, 0.3) is 0 Å². The highest BCUT2D eigenvalue weighted by Gasteiger charge is 2.23. The second kappa shape index (κ2) is 4.56. The maximum absolute atomic E-state index is 3.97. The largest absolute Gasteiger partial charge is 0.107 e. The van der Waals surface area contributed by atoms with Crippen molar-refractivity contribution in [1.29, 1.82) is 0 Å². The predicted molar refractivity (Wildman–Crippen MR) is 81.1 cm³/mol. The molecular formula is C14H22Si2. The van der Waals surface area contributed by atoms with E-state index in [4.69, 9.17) is 0 Å². The van der Waals surface area contributed by atoms with Crippen molar-refractivity contribution >= 4 is 26.5 Å². The molecule has 0 heterocycles. The lowest BCUT2D eigenvalue weighted by molar-refractivity contribution is 1.71. The van der Waals surface area contributed by atoms with Crippen LogP contribution < -0.4 is 10.4 Å². The van der Waals surface area contributed by atoms with Gasteiger partial charge in [-0.25, -0.2) is 0 Å². The summed E-state index contributed by atoms with van der Waals surface area (Å²) in [6.07, 6.45) is 0. The lowest BCUT2D eigenvalue weighted by Crippen LogP contribution is -2.46. The normalized spacial score (nSPS) is 12.2. The van der Waals surface area contributed by atoms with Crippen molar-refractivity contribution in [2.24, 2.45) is 0 Å². The highest BCUT2D eigenvalue weighted by atomic mass is 28.3. The molecule has 0 unspecified atom stereocenters. The van der Waals surface area contributed by atoms with Crippen molar-refractivity contribution in [3.05, 3.63) is 48.8 Å². The van der Waals surface area contributed by atoms with E-state index in [0.29, 0.717) is 0 Å². The van der Waals surface area contributed by atoms with Gasteiger partial charge in [-0.1, -0.05) is 72.2 Å². The quantitative estimate of drug-likeness (QED) is 0.717. The van der Waals surface area contributed by atoms with Crippen LogP contribution in [0.1, 0.15) is 0 Å². The van der Waals surface area contributed by atoms with Crippen LogP contribution >= 0.6 is 0 Å². The number of benzene rings is 1. The van der Waals surface area contributed by atoms with Crippen LogP contribution in [0.15, 0.2) is 48.8 Å². The minimum atomic E-state index is -1.42. The average molecular weight is 247 g/mol. The molecule has 0 aromatic heterocycles. The van der Waals surface area contributed by atoms with Gasteiger partial charge in [-0.05, 0) is 0 Å². The summed E-state index contributed by atoms with van der Waals surface area (Å²) in [5.41, 5.74) is 4.29. The third kappa shape index (κ3) is 2.63. The second-order valence-corrected chi connectivity index (χ2v) is 14.3. The lowest BCUT2D eigenvalue weighted by Gasteiger charge is -2.23. The van der Waals surface area contributed by atoms with Crippen molar-refractivity contribution in [3.8, 4) is 0 Å². The Bertz CT molecular complexity index is 368. The van der Waals surface area contributed by atoms with Crippen molar-refractivity contribution in [2.45, 2.75) is 26.2 Å². The van der Waals surface area contributed by atoms with Crippen LogP contribution in [0.5, 0.6) is 0 Å². The molecule has 0 aliphatic heterocycles. The molecule has 0 aliphatic carbocycles. The van der Waals surface area contributed by atoms with Gasteiger partial charge in [0.05, 0.1) is 0 Å². The molecule has 0 radical (unpaired) electrons. The molecule has 0 atom stereocenters. The van der Waals surface area contributed by atoms with Crippen LogP contribution in [-0.4, -0.2) is 16.1 Å². The molecule has 86 valence electrons. The molecule has 1 aromatic carbocycles. The summed E-state index contributed by atoms with van der Waals surface area (Å²) >= 11 is 0. The number of hydrogen-bond donors (Lipinski definition) is 0. The van der Waals surface area contributed by atoms with Crippen molar-refractivity contribution in [1.82, 2.24) is 0 Å². The van der Waals surface area contributed by atoms with E-state index in [1.807, 2.05) is 0 Å². The van der Waals surface area contributed by atoms with Gasteiger partial charge < -0.3 is 0 Å². The Morgan fingerprint density at radius 1 is 0.875 bits per heavy atom. The standard InChI is InChI=1S/C14H22Si2/c1-7-15(3,4)13-10-9-11-14(12-13)16(5,6)8-2/h7-12H,1-2H2,3-6H3. The highest BCUT2D eigenvalue weighted by molar-refractivity contribution is 6.96. The van der Waals surface area contributed by atoms with Crippen LogP contribution in [0.3, 0.4) is 0 Å². The first-order valence-electron chi connectivity index (χ1n) is 5.72. The Kier molecular flexibility index (Phi) is 3.76. The maximum atomic E-state index is 3.97. The van der Waals surface area contributed by atoms with Crippen molar-refractivity contribution in [2.75, 3.05) is 0 Å². The molecule has 16 heavy (non-hydrogen) atoms. The molecule has 2 heteroatoms. The van der Waals surface area contributed by atoms with Gasteiger partial charge in [-0.3, -0.25) is 0 Å². The van der Waals surface area contributed by atoms with E-state index in [9.17, 15) is 0 Å². The molecule has 0 N–H and O–H groups in total. The average Bonchev–Trinajstić information content (AvgIpc) is 2.29. The summed E-state index contributed by atoms with van der Waals surface area (Å²) in [7, 11) is -2.85. The molecule has 0 aliphatic rings. The molecule has 1 rings (SSSR count). The Morgan fingerprint density at radius 2 is 1.25 bits per heavy atom. The number of rotatable bonds is 4. The first-order valence-corrected chi connectivity index (χ1v) is 11.9. The number of hydrogen-bond acceptors (Lipinski definition) is 0. The highest BCUT2D eigenvalue weighted by Crippen LogP contribution is 2.07. The Hall–Kier alpha value is -0.866. The van der Waals surface area contributed by atoms with E-state index in [-0.39, 0.29) is 0 Å². The van der Waals surface area contributed by atoms with Gasteiger partial charge in [0, 0.05) is 0 Å². The van der Waals surface area contributed by atoms with Crippen molar-refractivity contribution < 1.29 is 0 Å². The fourth-order valence-electron chi connectivity index (χ4n) is 1.56. The predicted octanol–water partition coefficient (Wildman–Crippen LogP) is 2.97. The molecule has 0 saturated heterocycles. The fourth-order valence-corrected chi connectivity index (χ4v) is 4.28. The van der Waals surface area contributed by atoms with E-state index < -0.39 is 16.1 Å². The molecule has 0 spiro atoms. The van der Waals surface area contributed by atoms with E-state index in [0.717, 1.165) is 0 Å². The SMILES string of the molecule is C=C[Si](C)(C)c1cccc([Si](C)(C)C=C)c1. The Morgan fingerprint density at radius 3 is 1.56 bits per heavy atom. The summed E-state index contributed by atoms with van der Waals surface area (Å²) in [6, 6.07) is 9.04. The van der Waals surface area contributed by atoms with Crippen LogP contribution in [0.2, 0.25) is 26.2 Å². The second-order valence-electron chi connectivity index (χ2n) is 5.43. The Balaban J connectivity index is 3.24. The minimum absolute atomic E-state index is 1.42. The molecule has 0 saturated carbocycles. The molecule has 0 nitrogen and oxygen atoms in total. The smallest absolute Gasteiger partial charge is 0.103 e. The molecule has 0 amide bonds. The van der Waals surface area contributed by atoms with E-state index in [1.54, 1.807) is 0 Å².